The van der Waals surface area contributed by atoms with Gasteiger partial charge >= 0.3 is 148 Å². The van der Waals surface area contributed by atoms with Crippen molar-refractivity contribution in [2.45, 2.75) is 31.4 Å². The molecule has 6 aromatic rings. The Hall–Kier alpha value is -0.500. The van der Waals surface area contributed by atoms with Crippen molar-refractivity contribution in [2.24, 2.45) is 10.2 Å². The van der Waals surface area contributed by atoms with Gasteiger partial charge in [0, 0.05) is 29.0 Å². The SMILES string of the molecule is CCN(c1ccc(S(=O)(=O)CCOSOO[O-])cc1)c1nc(Nc2cccc(S(=O)(=O)CCOSOO[O-])c2)nc(Nc2ccc3c(O)c(N=Nc4cc(S(=O)(=O)[O-])ccc4S(=O)(=O)[O-])c(SOO[O-])cc3c2)n1.[Na+].[Na+].[Na+].[Na+].[Na+]. The zero-order chi connectivity index (χ0) is 53.7. The van der Waals surface area contributed by atoms with E-state index in [2.05, 4.69) is 63.9 Å². The average Bonchev–Trinajstić information content (AvgIpc) is 3.35. The Labute approximate surface area is 573 Å². The zero-order valence-corrected chi connectivity index (χ0v) is 57.5. The number of aromatic hydroxyl groups is 1. The molecule has 0 atom stereocenters. The van der Waals surface area contributed by atoms with Gasteiger partial charge in [-0.05, 0) is 97.2 Å². The molecule has 0 saturated carbocycles. The summed E-state index contributed by atoms with van der Waals surface area (Å²) >= 11 is 0.489. The first-order valence-electron chi connectivity index (χ1n) is 19.8. The number of phenols is 1. The molecule has 0 radical (unpaired) electrons. The number of phenolic OH excluding ortho intramolecular Hbond substituents is 1. The van der Waals surface area contributed by atoms with Gasteiger partial charge in [0.05, 0.1) is 61.2 Å². The normalized spacial score (nSPS) is 11.6. The molecule has 0 bridgehead atoms. The number of aromatic nitrogens is 3. The molecule has 42 heteroatoms. The number of hydrogen-bond donors (Lipinski definition) is 3. The first-order chi connectivity index (χ1) is 35.2. The van der Waals surface area contributed by atoms with Gasteiger partial charge in [0.15, 0.2) is 50.1 Å². The van der Waals surface area contributed by atoms with E-state index >= 15 is 0 Å². The number of benzene rings is 5. The molecule has 79 heavy (non-hydrogen) atoms. The first kappa shape index (κ1) is 76.5. The van der Waals surface area contributed by atoms with Crippen LogP contribution in [0.2, 0.25) is 0 Å². The molecule has 1 aromatic heterocycles. The van der Waals surface area contributed by atoms with Crippen molar-refractivity contribution in [1.82, 2.24) is 15.0 Å². The molecule has 0 unspecified atom stereocenters. The molecule has 0 saturated heterocycles. The minimum Gasteiger partial charge on any atom is -0.744 e. The second-order valence-corrected chi connectivity index (χ2v) is 22.7. The third-order valence-electron chi connectivity index (χ3n) is 9.42. The molecule has 0 aliphatic carbocycles. The molecule has 1 heterocycles. The summed E-state index contributed by atoms with van der Waals surface area (Å²) in [4.78, 5) is 12.7. The van der Waals surface area contributed by atoms with E-state index in [1.807, 2.05) is 0 Å². The number of rotatable bonds is 28. The van der Waals surface area contributed by atoms with Crippen molar-refractivity contribution in [3.8, 4) is 5.75 Å². The standard InChI is InChI=1S/C37H36N8O22S7.5Na/c1-2-45(25-7-9-26(10-8-25)71(50,51)16-14-60-69-66-63-48)37-41-35(38-23-4-3-5-27(20-23)72(52,53)17-15-61-70-67-64-49)40-36(42-37)39-24-6-12-29-22(18-24)19-31(68-65-62-47)33(34(29)46)44-43-30-21-28(73(54,55)56)11-13-32(30)74(57,58)59;;;;;/h3-13,18-21,46-49H,2,14-17H2,1H3,(H,54,55,56)(H,57,58,59)(H2,38,39,40,41,42);;;;;/q;5*+1/p-5. The van der Waals surface area contributed by atoms with Crippen molar-refractivity contribution in [3.63, 3.8) is 0 Å². The largest absolute Gasteiger partial charge is 1.00 e. The Morgan fingerprint density at radius 3 is 1.72 bits per heavy atom. The third-order valence-corrected chi connectivity index (χ3v) is 15.9. The van der Waals surface area contributed by atoms with Crippen LogP contribution in [0.1, 0.15) is 6.92 Å². The van der Waals surface area contributed by atoms with Gasteiger partial charge in [-0.1, -0.05) is 6.07 Å². The number of sulfone groups is 2. The molecule has 0 amide bonds. The van der Waals surface area contributed by atoms with E-state index in [0.29, 0.717) is 23.9 Å². The number of fused-ring (bicyclic) bond motifs is 1. The monoisotopic (exact) mass is 1280 g/mol. The summed E-state index contributed by atoms with van der Waals surface area (Å²) in [6.07, 6.45) is 0. The van der Waals surface area contributed by atoms with Crippen molar-refractivity contribution in [3.05, 3.63) is 91.0 Å². The van der Waals surface area contributed by atoms with Crippen molar-refractivity contribution in [2.75, 3.05) is 46.8 Å². The molecule has 0 fully saturated rings. The van der Waals surface area contributed by atoms with E-state index in [0.717, 1.165) is 0 Å². The van der Waals surface area contributed by atoms with Crippen LogP contribution in [-0.4, -0.2) is 94.1 Å². The third kappa shape index (κ3) is 22.4. The van der Waals surface area contributed by atoms with Crippen LogP contribution in [0.15, 0.2) is 126 Å². The summed E-state index contributed by atoms with van der Waals surface area (Å²) < 4.78 is 145. The van der Waals surface area contributed by atoms with E-state index in [1.54, 1.807) is 11.8 Å². The van der Waals surface area contributed by atoms with Gasteiger partial charge in [-0.2, -0.15) is 19.3 Å². The van der Waals surface area contributed by atoms with Crippen LogP contribution in [-0.2, 0) is 76.4 Å². The predicted octanol–water partition coefficient (Wildman–Crippen LogP) is -12.0. The molecule has 3 N–H and O–H groups in total. The number of anilines is 6. The molecule has 0 aliphatic rings. The summed E-state index contributed by atoms with van der Waals surface area (Å²) in [6.45, 7) is 1.15. The molecule has 0 aliphatic heterocycles. The Morgan fingerprint density at radius 2 is 1.18 bits per heavy atom. The smallest absolute Gasteiger partial charge is 0.744 e. The van der Waals surface area contributed by atoms with E-state index in [-0.39, 0.29) is 259 Å². The maximum Gasteiger partial charge on any atom is 1.00 e. The van der Waals surface area contributed by atoms with E-state index in [9.17, 15) is 63.7 Å². The summed E-state index contributed by atoms with van der Waals surface area (Å²) in [6, 6.07) is 18.2. The van der Waals surface area contributed by atoms with Crippen LogP contribution >= 0.6 is 36.7 Å². The minimum atomic E-state index is -5.32. The Kier molecular flexibility index (Phi) is 34.7. The van der Waals surface area contributed by atoms with Crippen LogP contribution in [0.3, 0.4) is 0 Å². The fourth-order valence-electron chi connectivity index (χ4n) is 6.24. The predicted molar refractivity (Wildman–Crippen MR) is 248 cm³/mol. The number of azo groups is 1. The van der Waals surface area contributed by atoms with E-state index in [1.165, 1.54) is 72.8 Å². The molecular weight excluding hydrogens is 1250 g/mol. The van der Waals surface area contributed by atoms with Gasteiger partial charge in [0.1, 0.15) is 31.6 Å². The maximum absolute atomic E-state index is 13.1. The van der Waals surface area contributed by atoms with Gasteiger partial charge in [-0.3, -0.25) is 23.5 Å². The molecule has 398 valence electrons. The molecule has 5 aromatic carbocycles. The Bertz CT molecular complexity index is 3470. The van der Waals surface area contributed by atoms with Crippen LogP contribution in [0, 0.1) is 0 Å². The molecular formula is C37H31N8Na5O22S7. The quantitative estimate of drug-likeness (QED) is 0.00781. The zero-order valence-electron chi connectivity index (χ0n) is 41.8. The van der Waals surface area contributed by atoms with Crippen molar-refractivity contribution < 1.29 is 248 Å². The van der Waals surface area contributed by atoms with Crippen LogP contribution in [0.5, 0.6) is 5.75 Å². The average molecular weight is 1280 g/mol. The number of nitrogens with zero attached hydrogens (tertiary/aromatic N) is 6. The van der Waals surface area contributed by atoms with Crippen molar-refractivity contribution in [1.29, 1.82) is 0 Å². The van der Waals surface area contributed by atoms with E-state index in [4.69, 9.17) is 8.37 Å². The van der Waals surface area contributed by atoms with Crippen LogP contribution in [0.25, 0.3) is 10.8 Å². The van der Waals surface area contributed by atoms with E-state index < -0.39 is 78.3 Å². The fraction of sp³-hybridized carbons (Fsp3) is 0.162. The molecule has 0 spiro atoms. The Balaban J connectivity index is 0.00000624. The maximum atomic E-state index is 13.1. The second kappa shape index (κ2) is 35.8. The van der Waals surface area contributed by atoms with Gasteiger partial charge in [-0.25, -0.2) is 33.7 Å². The summed E-state index contributed by atoms with van der Waals surface area (Å²) in [5, 5.41) is 65.6. The summed E-state index contributed by atoms with van der Waals surface area (Å²) in [7, 11) is -18.4. The van der Waals surface area contributed by atoms with Gasteiger partial charge in [0.25, 0.3) is 0 Å². The van der Waals surface area contributed by atoms with Crippen LogP contribution in [0.4, 0.5) is 46.3 Å². The van der Waals surface area contributed by atoms with Crippen LogP contribution < -0.4 is 179 Å². The topological polar surface area (TPSA) is 437 Å². The number of hydrogen-bond acceptors (Lipinski definition) is 33. The number of nitrogens with one attached hydrogen (secondary N) is 2. The van der Waals surface area contributed by atoms with Gasteiger partial charge < -0.3 is 45.5 Å². The molecule has 6 rings (SSSR count). The summed E-state index contributed by atoms with van der Waals surface area (Å²) in [5.74, 6) is -2.04. The minimum absolute atomic E-state index is 0. The van der Waals surface area contributed by atoms with Gasteiger partial charge in [0.2, 0.25) is 17.8 Å². The van der Waals surface area contributed by atoms with Gasteiger partial charge in [-0.15, -0.1) is 18.9 Å². The first-order valence-corrected chi connectivity index (χ1v) is 28.0. The summed E-state index contributed by atoms with van der Waals surface area (Å²) in [5.41, 5.74) is -0.608. The second-order valence-electron chi connectivity index (χ2n) is 14.0. The molecule has 30 nitrogen and oxygen atoms in total. The van der Waals surface area contributed by atoms with Crippen molar-refractivity contribution >= 4 is 134 Å². The fourth-order valence-corrected chi connectivity index (χ4v) is 10.7. The Morgan fingerprint density at radius 1 is 0.620 bits per heavy atom.